The molecule has 3 aromatic heterocycles. The summed E-state index contributed by atoms with van der Waals surface area (Å²) in [5.74, 6) is -1.84. The molecule has 1 radical (unpaired) electrons. The van der Waals surface area contributed by atoms with Gasteiger partial charge in [-0.05, 0) is 75.7 Å². The van der Waals surface area contributed by atoms with Crippen LogP contribution >= 0.6 is 0 Å². The minimum Gasteiger partial charge on any atom is -0.657 e. The van der Waals surface area contributed by atoms with Gasteiger partial charge < -0.3 is 20.2 Å². The van der Waals surface area contributed by atoms with E-state index in [1.165, 1.54) is 0 Å². The maximum atomic E-state index is 11.6. The van der Waals surface area contributed by atoms with Crippen LogP contribution < -0.4 is 9.97 Å². The molecule has 0 amide bonds. The van der Waals surface area contributed by atoms with E-state index < -0.39 is 11.9 Å². The monoisotopic (exact) mass is 673 g/mol. The largest absolute Gasteiger partial charge is 2.00 e. The first-order valence-corrected chi connectivity index (χ1v) is 15.2. The van der Waals surface area contributed by atoms with Gasteiger partial charge in [0.1, 0.15) is 0 Å². The first-order valence-electron chi connectivity index (χ1n) is 15.2. The summed E-state index contributed by atoms with van der Waals surface area (Å²) in [5.41, 5.74) is 12.3. The third-order valence-electron chi connectivity index (χ3n) is 8.79. The summed E-state index contributed by atoms with van der Waals surface area (Å²) in [6.07, 6.45) is 2.02. The van der Waals surface area contributed by atoms with Gasteiger partial charge in [0.2, 0.25) is 0 Å². The summed E-state index contributed by atoms with van der Waals surface area (Å²) in [4.78, 5) is 43.0. The summed E-state index contributed by atoms with van der Waals surface area (Å²) in [6.45, 7) is 7.78. The van der Waals surface area contributed by atoms with E-state index in [1.807, 2.05) is 52.0 Å². The zero-order valence-electron chi connectivity index (χ0n) is 26.7. The number of hydrogen-bond acceptors (Lipinski definition) is 6. The molecule has 8 bridgehead atoms. The third kappa shape index (κ3) is 7.22. The fourth-order valence-electron chi connectivity index (χ4n) is 6.16. The Hall–Kier alpha value is -4.97. The van der Waals surface area contributed by atoms with Crippen LogP contribution in [0.2, 0.25) is 0 Å². The molecular formula is C36H34CoN6O4. The number of fused-ring (bicyclic) bond motifs is 8. The molecule has 241 valence electrons. The molecule has 0 unspecified atom stereocenters. The molecular weight excluding hydrogens is 639 g/mol. The van der Waals surface area contributed by atoms with Crippen molar-refractivity contribution in [1.29, 1.82) is 10.5 Å². The normalized spacial score (nSPS) is 12.5. The molecule has 5 rings (SSSR count). The first kappa shape index (κ1) is 34.9. The van der Waals surface area contributed by atoms with E-state index in [0.29, 0.717) is 64.8 Å². The molecule has 0 aliphatic carbocycles. The van der Waals surface area contributed by atoms with Crippen molar-refractivity contribution in [1.82, 2.24) is 19.9 Å². The number of nitriles is 2. The number of aliphatic carboxylic acids is 2. The van der Waals surface area contributed by atoms with E-state index >= 15 is 0 Å². The van der Waals surface area contributed by atoms with Gasteiger partial charge in [0, 0.05) is 25.7 Å². The second-order valence-corrected chi connectivity index (χ2v) is 11.6. The van der Waals surface area contributed by atoms with Crippen molar-refractivity contribution in [2.24, 2.45) is 0 Å². The molecule has 0 fully saturated rings. The Morgan fingerprint density at radius 2 is 1.04 bits per heavy atom. The number of carbonyl (C=O) groups is 2. The predicted molar refractivity (Wildman–Crippen MR) is 175 cm³/mol. The molecule has 47 heavy (non-hydrogen) atoms. The number of rotatable bonds is 10. The average Bonchev–Trinajstić information content (AvgIpc) is 3.66. The Balaban J connectivity index is 0.00000500. The van der Waals surface area contributed by atoms with E-state index in [9.17, 15) is 30.3 Å². The molecule has 11 heteroatoms. The van der Waals surface area contributed by atoms with Crippen molar-refractivity contribution >= 4 is 56.3 Å². The first-order chi connectivity index (χ1) is 22.0. The van der Waals surface area contributed by atoms with Crippen LogP contribution in [0.3, 0.4) is 0 Å². The summed E-state index contributed by atoms with van der Waals surface area (Å²) < 4.78 is 0. The molecule has 0 spiro atoms. The van der Waals surface area contributed by atoms with Crippen LogP contribution in [0.25, 0.3) is 44.4 Å². The van der Waals surface area contributed by atoms with Gasteiger partial charge in [-0.25, -0.2) is 9.97 Å². The molecule has 0 saturated carbocycles. The van der Waals surface area contributed by atoms with Crippen LogP contribution in [0.1, 0.15) is 97.4 Å². The predicted octanol–water partition coefficient (Wildman–Crippen LogP) is 6.69. The van der Waals surface area contributed by atoms with Crippen molar-refractivity contribution < 1.29 is 36.6 Å². The van der Waals surface area contributed by atoms with Crippen LogP contribution in [-0.4, -0.2) is 32.1 Å². The smallest absolute Gasteiger partial charge is 0.657 e. The zero-order chi connectivity index (χ0) is 33.1. The molecule has 3 aromatic rings. The van der Waals surface area contributed by atoms with Crippen molar-refractivity contribution in [3.05, 3.63) is 69.3 Å². The minimum atomic E-state index is -0.921. The molecule has 0 saturated heterocycles. The Morgan fingerprint density at radius 3 is 1.55 bits per heavy atom. The number of aryl methyl sites for hydroxylation is 4. The van der Waals surface area contributed by atoms with E-state index in [2.05, 4.69) is 12.1 Å². The molecule has 2 N–H and O–H groups in total. The number of hydrogen-bond donors (Lipinski definition) is 2. The Kier molecular flexibility index (Phi) is 10.9. The molecule has 10 nitrogen and oxygen atoms in total. The van der Waals surface area contributed by atoms with Crippen LogP contribution in [-0.2, 0) is 39.2 Å². The second-order valence-electron chi connectivity index (χ2n) is 11.6. The SMILES string of the molecule is CC1=C(CCC#N)c2cc3[n-]c(cc4nc(cc5[n-]c(cc1n2)c(CCC#N)c5C)C(C)=C4CCC(=O)O)c(CCC(=O)O)c3C.[Co+2]. The third-order valence-corrected chi connectivity index (χ3v) is 8.79. The van der Waals surface area contributed by atoms with E-state index in [0.717, 1.165) is 50.2 Å². The molecule has 0 atom stereocenters. The number of carboxylic acids is 2. The average molecular weight is 674 g/mol. The van der Waals surface area contributed by atoms with Gasteiger partial charge in [-0.3, -0.25) is 9.59 Å². The topological polar surface area (TPSA) is 176 Å². The fourth-order valence-corrected chi connectivity index (χ4v) is 6.16. The number of aromatic nitrogens is 4. The number of allylic oxidation sites excluding steroid dienone is 4. The van der Waals surface area contributed by atoms with Gasteiger partial charge in [-0.15, -0.1) is 22.1 Å². The second kappa shape index (κ2) is 14.6. The van der Waals surface area contributed by atoms with E-state index in [4.69, 9.17) is 19.9 Å². The minimum absolute atomic E-state index is 0. The van der Waals surface area contributed by atoms with E-state index in [-0.39, 0.29) is 42.5 Å². The van der Waals surface area contributed by atoms with Crippen molar-refractivity contribution in [2.45, 2.75) is 79.1 Å². The van der Waals surface area contributed by atoms with Crippen molar-refractivity contribution in [2.75, 3.05) is 0 Å². The van der Waals surface area contributed by atoms with E-state index in [1.54, 1.807) is 0 Å². The Morgan fingerprint density at radius 1 is 0.638 bits per heavy atom. The summed E-state index contributed by atoms with van der Waals surface area (Å²) in [5, 5.41) is 37.8. The molecule has 0 aromatic carbocycles. The van der Waals surface area contributed by atoms with Crippen LogP contribution in [0.15, 0.2) is 24.3 Å². The van der Waals surface area contributed by atoms with Gasteiger partial charge in [0.25, 0.3) is 0 Å². The van der Waals surface area contributed by atoms with Gasteiger partial charge >= 0.3 is 28.7 Å². The molecule has 5 heterocycles. The zero-order valence-corrected chi connectivity index (χ0v) is 27.7. The molecule has 2 aliphatic rings. The van der Waals surface area contributed by atoms with Crippen molar-refractivity contribution in [3.63, 3.8) is 0 Å². The summed E-state index contributed by atoms with van der Waals surface area (Å²) >= 11 is 0. The maximum Gasteiger partial charge on any atom is 2.00 e. The van der Waals surface area contributed by atoms with Crippen LogP contribution in [0, 0.1) is 36.5 Å². The molecule has 2 aliphatic heterocycles. The Bertz CT molecular complexity index is 2090. The standard InChI is InChI=1S/C36H36N6O4.Co/c1-19-23(7-5-13-37)31-16-29-20(2)24(8-6-14-38)32(41-29)17-30-22(4)26(10-12-36(45)46)34(42-30)18-33-25(9-11-35(43)44)21(3)28(40-33)15-27(19)39-31;/h15-18H,5-12H2,1-4H3,(H4,39,40,41,42,43,44,45,46);/q;+2/p-2. The van der Waals surface area contributed by atoms with Gasteiger partial charge in [-0.1, -0.05) is 46.5 Å². The van der Waals surface area contributed by atoms with Gasteiger partial charge in [-0.2, -0.15) is 10.5 Å². The number of nitrogens with zero attached hydrogens (tertiary/aromatic N) is 6. The Labute approximate surface area is 283 Å². The summed E-state index contributed by atoms with van der Waals surface area (Å²) in [7, 11) is 0. The van der Waals surface area contributed by atoms with Crippen LogP contribution in [0.4, 0.5) is 0 Å². The maximum absolute atomic E-state index is 11.6. The fraction of sp³-hybridized carbons (Fsp3) is 0.333. The van der Waals surface area contributed by atoms with Crippen molar-refractivity contribution in [3.8, 4) is 12.1 Å². The van der Waals surface area contributed by atoms with Crippen LogP contribution in [0.5, 0.6) is 0 Å². The quantitative estimate of drug-likeness (QED) is 0.236. The number of carboxylic acid groups (broad SMARTS) is 2. The van der Waals surface area contributed by atoms with Gasteiger partial charge in [0.15, 0.2) is 0 Å². The summed E-state index contributed by atoms with van der Waals surface area (Å²) in [6, 6.07) is 12.0. The van der Waals surface area contributed by atoms with Gasteiger partial charge in [0.05, 0.1) is 34.9 Å².